The molecule has 1 aliphatic rings. The SMILES string of the molecule is CC(=O)N1CCc2cc(S(=O)(=O)NC(C)Cc3ccc(N(C)C)cc3)ccc21. The lowest BCUT2D eigenvalue weighted by atomic mass is 10.1. The van der Waals surface area contributed by atoms with Crippen LogP contribution in [0.2, 0.25) is 0 Å². The molecule has 2 aromatic rings. The highest BCUT2D eigenvalue weighted by Crippen LogP contribution is 2.30. The Morgan fingerprint density at radius 2 is 1.86 bits per heavy atom. The maximum Gasteiger partial charge on any atom is 0.240 e. The topological polar surface area (TPSA) is 69.7 Å². The second-order valence-corrected chi connectivity index (χ2v) is 9.21. The maximum atomic E-state index is 12.8. The molecule has 0 spiro atoms. The number of hydrogen-bond acceptors (Lipinski definition) is 4. The summed E-state index contributed by atoms with van der Waals surface area (Å²) in [5.74, 6) is -0.0265. The van der Waals surface area contributed by atoms with E-state index in [-0.39, 0.29) is 16.8 Å². The van der Waals surface area contributed by atoms with E-state index in [1.54, 1.807) is 23.1 Å². The quantitative estimate of drug-likeness (QED) is 0.808. The van der Waals surface area contributed by atoms with Crippen molar-refractivity contribution < 1.29 is 13.2 Å². The number of nitrogens with one attached hydrogen (secondary N) is 1. The van der Waals surface area contributed by atoms with Gasteiger partial charge >= 0.3 is 0 Å². The molecular formula is C21H27N3O3S. The van der Waals surface area contributed by atoms with Crippen molar-refractivity contribution in [2.24, 2.45) is 0 Å². The first-order valence-corrected chi connectivity index (χ1v) is 10.9. The highest BCUT2D eigenvalue weighted by atomic mass is 32.2. The van der Waals surface area contributed by atoms with Gasteiger partial charge in [0, 0.05) is 45.0 Å². The lowest BCUT2D eigenvalue weighted by Crippen LogP contribution is -2.34. The van der Waals surface area contributed by atoms with Gasteiger partial charge in [0.2, 0.25) is 15.9 Å². The lowest BCUT2D eigenvalue weighted by molar-refractivity contribution is -0.116. The standard InChI is InChI=1S/C21H27N3O3S/c1-15(13-17-5-7-19(8-6-17)23(3)4)22-28(26,27)20-9-10-21-18(14-20)11-12-24(21)16(2)25/h5-10,14-15,22H,11-13H2,1-4H3. The summed E-state index contributed by atoms with van der Waals surface area (Å²) >= 11 is 0. The molecular weight excluding hydrogens is 374 g/mol. The molecule has 7 heteroatoms. The van der Waals surface area contributed by atoms with Gasteiger partial charge in [-0.05, 0) is 61.2 Å². The fourth-order valence-corrected chi connectivity index (χ4v) is 4.82. The first kappa shape index (κ1) is 20.4. The van der Waals surface area contributed by atoms with Crippen LogP contribution in [0.25, 0.3) is 0 Å². The summed E-state index contributed by atoms with van der Waals surface area (Å²) in [7, 11) is 0.346. The van der Waals surface area contributed by atoms with Crippen molar-refractivity contribution in [3.8, 4) is 0 Å². The molecule has 150 valence electrons. The van der Waals surface area contributed by atoms with E-state index < -0.39 is 10.0 Å². The summed E-state index contributed by atoms with van der Waals surface area (Å²) in [4.78, 5) is 15.6. The molecule has 3 rings (SSSR count). The zero-order valence-electron chi connectivity index (χ0n) is 16.8. The van der Waals surface area contributed by atoms with E-state index in [1.165, 1.54) is 6.92 Å². The van der Waals surface area contributed by atoms with Crippen LogP contribution in [0.15, 0.2) is 47.4 Å². The second kappa shape index (κ2) is 7.93. The number of nitrogens with zero attached hydrogens (tertiary/aromatic N) is 2. The van der Waals surface area contributed by atoms with Crippen LogP contribution in [0.3, 0.4) is 0 Å². The van der Waals surface area contributed by atoms with E-state index in [9.17, 15) is 13.2 Å². The molecule has 28 heavy (non-hydrogen) atoms. The summed E-state index contributed by atoms with van der Waals surface area (Å²) in [5, 5.41) is 0. The zero-order valence-corrected chi connectivity index (χ0v) is 17.6. The molecule has 0 saturated carbocycles. The van der Waals surface area contributed by atoms with Crippen LogP contribution in [0.5, 0.6) is 0 Å². The molecule has 0 aliphatic carbocycles. The summed E-state index contributed by atoms with van der Waals surface area (Å²) < 4.78 is 28.4. The number of carbonyl (C=O) groups is 1. The van der Waals surface area contributed by atoms with Crippen LogP contribution in [-0.4, -0.2) is 41.0 Å². The fourth-order valence-electron chi connectivity index (χ4n) is 3.53. The number of benzene rings is 2. The van der Waals surface area contributed by atoms with Crippen molar-refractivity contribution in [2.45, 2.75) is 37.6 Å². The lowest BCUT2D eigenvalue weighted by Gasteiger charge is -2.17. The minimum absolute atomic E-state index is 0.0265. The first-order valence-electron chi connectivity index (χ1n) is 9.37. The van der Waals surface area contributed by atoms with Crippen molar-refractivity contribution in [3.05, 3.63) is 53.6 Å². The van der Waals surface area contributed by atoms with Gasteiger partial charge in [0.1, 0.15) is 0 Å². The largest absolute Gasteiger partial charge is 0.378 e. The monoisotopic (exact) mass is 401 g/mol. The van der Waals surface area contributed by atoms with Crippen LogP contribution in [0, 0.1) is 0 Å². The smallest absolute Gasteiger partial charge is 0.240 e. The van der Waals surface area contributed by atoms with E-state index in [0.717, 1.165) is 22.5 Å². The minimum Gasteiger partial charge on any atom is -0.378 e. The Kier molecular flexibility index (Phi) is 5.76. The van der Waals surface area contributed by atoms with Gasteiger partial charge in [0.25, 0.3) is 0 Å². The first-order chi connectivity index (χ1) is 13.2. The van der Waals surface area contributed by atoms with Gasteiger partial charge in [-0.1, -0.05) is 12.1 Å². The molecule has 6 nitrogen and oxygen atoms in total. The number of amides is 1. The van der Waals surface area contributed by atoms with Gasteiger partial charge < -0.3 is 9.80 Å². The summed E-state index contributed by atoms with van der Waals surface area (Å²) in [6, 6.07) is 12.8. The number of sulfonamides is 1. The van der Waals surface area contributed by atoms with E-state index in [4.69, 9.17) is 0 Å². The molecule has 1 atom stereocenters. The van der Waals surface area contributed by atoms with Crippen LogP contribution in [0.4, 0.5) is 11.4 Å². The second-order valence-electron chi connectivity index (χ2n) is 7.50. The summed E-state index contributed by atoms with van der Waals surface area (Å²) in [6.07, 6.45) is 1.28. The molecule has 0 fully saturated rings. The van der Waals surface area contributed by atoms with Crippen molar-refractivity contribution in [1.29, 1.82) is 0 Å². The van der Waals surface area contributed by atoms with Gasteiger partial charge in [0.05, 0.1) is 4.90 Å². The average Bonchev–Trinajstić information content (AvgIpc) is 3.05. The Hall–Kier alpha value is -2.38. The molecule has 0 saturated heterocycles. The van der Waals surface area contributed by atoms with Gasteiger partial charge in [-0.15, -0.1) is 0 Å². The van der Waals surface area contributed by atoms with E-state index in [2.05, 4.69) is 4.72 Å². The molecule has 0 bridgehead atoms. The molecule has 1 aliphatic heterocycles. The highest BCUT2D eigenvalue weighted by molar-refractivity contribution is 7.89. The maximum absolute atomic E-state index is 12.8. The Morgan fingerprint density at radius 3 is 2.46 bits per heavy atom. The fraction of sp³-hybridized carbons (Fsp3) is 0.381. The van der Waals surface area contributed by atoms with Crippen molar-refractivity contribution in [2.75, 3.05) is 30.4 Å². The zero-order chi connectivity index (χ0) is 20.5. The van der Waals surface area contributed by atoms with Gasteiger partial charge in [0.15, 0.2) is 0 Å². The molecule has 1 unspecified atom stereocenters. The van der Waals surface area contributed by atoms with Crippen LogP contribution < -0.4 is 14.5 Å². The van der Waals surface area contributed by atoms with Gasteiger partial charge in [-0.25, -0.2) is 13.1 Å². The summed E-state index contributed by atoms with van der Waals surface area (Å²) in [6.45, 7) is 3.98. The molecule has 0 radical (unpaired) electrons. The molecule has 1 heterocycles. The highest BCUT2D eigenvalue weighted by Gasteiger charge is 2.25. The van der Waals surface area contributed by atoms with E-state index in [1.807, 2.05) is 50.2 Å². The average molecular weight is 402 g/mol. The van der Waals surface area contributed by atoms with E-state index >= 15 is 0 Å². The Balaban J connectivity index is 1.70. The Labute approximate surface area is 167 Å². The van der Waals surface area contributed by atoms with Gasteiger partial charge in [-0.3, -0.25) is 4.79 Å². The number of anilines is 2. The van der Waals surface area contributed by atoms with Crippen LogP contribution in [0.1, 0.15) is 25.0 Å². The number of fused-ring (bicyclic) bond motifs is 1. The summed E-state index contributed by atoms with van der Waals surface area (Å²) in [5.41, 5.74) is 3.88. The van der Waals surface area contributed by atoms with Crippen molar-refractivity contribution >= 4 is 27.3 Å². The molecule has 0 aromatic heterocycles. The molecule has 2 aromatic carbocycles. The van der Waals surface area contributed by atoms with Crippen LogP contribution >= 0.6 is 0 Å². The normalized spacial score (nSPS) is 14.6. The van der Waals surface area contributed by atoms with Crippen molar-refractivity contribution in [3.63, 3.8) is 0 Å². The molecule has 1 N–H and O–H groups in total. The predicted octanol–water partition coefficient (Wildman–Crippen LogP) is 2.57. The number of rotatable bonds is 6. The molecule has 1 amide bonds. The Morgan fingerprint density at radius 1 is 1.18 bits per heavy atom. The van der Waals surface area contributed by atoms with Crippen molar-refractivity contribution in [1.82, 2.24) is 4.72 Å². The third-order valence-electron chi connectivity index (χ3n) is 4.99. The van der Waals surface area contributed by atoms with Crippen LogP contribution in [-0.2, 0) is 27.7 Å². The number of hydrogen-bond donors (Lipinski definition) is 1. The Bertz CT molecular complexity index is 969. The predicted molar refractivity (Wildman–Crippen MR) is 112 cm³/mol. The van der Waals surface area contributed by atoms with E-state index in [0.29, 0.717) is 19.4 Å². The third-order valence-corrected chi connectivity index (χ3v) is 6.58. The minimum atomic E-state index is -3.62. The number of carbonyl (C=O) groups excluding carboxylic acids is 1. The third kappa shape index (κ3) is 4.36. The van der Waals surface area contributed by atoms with Gasteiger partial charge in [-0.2, -0.15) is 0 Å².